The van der Waals surface area contributed by atoms with Crippen LogP contribution in [0.3, 0.4) is 0 Å². The molecule has 0 aliphatic heterocycles. The number of carbonyl (C=O) groups is 1. The highest BCUT2D eigenvalue weighted by atomic mass is 32.1. The number of carbonyl (C=O) groups excluding carboxylic acids is 1. The van der Waals surface area contributed by atoms with Crippen LogP contribution in [-0.4, -0.2) is 13.0 Å². The summed E-state index contributed by atoms with van der Waals surface area (Å²) in [4.78, 5) is 16.5. The number of benzene rings is 2. The first-order valence-electron chi connectivity index (χ1n) is 9.46. The number of furan rings is 1. The fraction of sp³-hybridized carbons (Fsp3) is 0.208. The van der Waals surface area contributed by atoms with Gasteiger partial charge in [-0.05, 0) is 73.7 Å². The van der Waals surface area contributed by atoms with E-state index >= 15 is 0 Å². The molecule has 0 atom stereocenters. The first-order chi connectivity index (χ1) is 14.0. The summed E-state index contributed by atoms with van der Waals surface area (Å²) in [6.45, 7) is 6.53. The number of aryl methyl sites for hydroxylation is 3. The highest BCUT2D eigenvalue weighted by Gasteiger charge is 2.26. The average Bonchev–Trinajstić information content (AvgIpc) is 3.33. The molecule has 0 saturated carbocycles. The Kier molecular flexibility index (Phi) is 5.16. The molecule has 0 radical (unpaired) electrons. The number of hydrogen-bond donors (Lipinski definition) is 0. The molecule has 5 heteroatoms. The number of fused-ring (bicyclic) bond motifs is 1. The van der Waals surface area contributed by atoms with Gasteiger partial charge in [-0.25, -0.2) is 0 Å². The van der Waals surface area contributed by atoms with E-state index in [-0.39, 0.29) is 5.91 Å². The van der Waals surface area contributed by atoms with E-state index in [2.05, 4.69) is 13.0 Å². The summed E-state index contributed by atoms with van der Waals surface area (Å²) in [5.74, 6) is 0.999. The van der Waals surface area contributed by atoms with Crippen molar-refractivity contribution in [3.8, 4) is 5.75 Å². The number of methoxy groups -OCH3 is 1. The SMILES string of the molecule is COc1ccc(N(Cc2cccs2)C(=O)c2oc3cc(C)cc(C)c3c2C)cc1. The van der Waals surface area contributed by atoms with Gasteiger partial charge in [0.15, 0.2) is 5.76 Å². The van der Waals surface area contributed by atoms with Gasteiger partial charge < -0.3 is 14.1 Å². The summed E-state index contributed by atoms with van der Waals surface area (Å²) in [5, 5.41) is 3.04. The van der Waals surface area contributed by atoms with E-state index in [0.717, 1.165) is 44.0 Å². The molecule has 0 unspecified atom stereocenters. The fourth-order valence-electron chi connectivity index (χ4n) is 3.72. The summed E-state index contributed by atoms with van der Waals surface area (Å²) in [5.41, 5.74) is 4.68. The summed E-state index contributed by atoms with van der Waals surface area (Å²) < 4.78 is 11.3. The number of anilines is 1. The zero-order valence-electron chi connectivity index (χ0n) is 17.0. The first-order valence-corrected chi connectivity index (χ1v) is 10.3. The lowest BCUT2D eigenvalue weighted by molar-refractivity contribution is 0.0960. The zero-order valence-corrected chi connectivity index (χ0v) is 17.8. The maximum atomic E-state index is 13.6. The lowest BCUT2D eigenvalue weighted by Gasteiger charge is -2.22. The predicted octanol–water partition coefficient (Wildman–Crippen LogP) is 6.28. The minimum Gasteiger partial charge on any atom is -0.497 e. The topological polar surface area (TPSA) is 42.7 Å². The zero-order chi connectivity index (χ0) is 20.5. The molecule has 0 spiro atoms. The molecular formula is C24H23NO3S. The van der Waals surface area contributed by atoms with Gasteiger partial charge >= 0.3 is 0 Å². The summed E-state index contributed by atoms with van der Waals surface area (Å²) in [6.07, 6.45) is 0. The number of ether oxygens (including phenoxy) is 1. The normalized spacial score (nSPS) is 11.0. The maximum absolute atomic E-state index is 13.6. The Hall–Kier alpha value is -3.05. The number of thiophene rings is 1. The van der Waals surface area contributed by atoms with Gasteiger partial charge in [-0.1, -0.05) is 12.1 Å². The quantitative estimate of drug-likeness (QED) is 0.393. The molecule has 2 aromatic heterocycles. The Morgan fingerprint density at radius 1 is 1.10 bits per heavy atom. The monoisotopic (exact) mass is 405 g/mol. The van der Waals surface area contributed by atoms with Crippen molar-refractivity contribution in [3.63, 3.8) is 0 Å². The Bertz CT molecular complexity index is 1160. The second kappa shape index (κ2) is 7.76. The van der Waals surface area contributed by atoms with Crippen molar-refractivity contribution in [2.24, 2.45) is 0 Å². The van der Waals surface area contributed by atoms with Gasteiger partial charge in [-0.2, -0.15) is 0 Å². The van der Waals surface area contributed by atoms with E-state index in [0.29, 0.717) is 12.3 Å². The van der Waals surface area contributed by atoms with Crippen LogP contribution in [0.2, 0.25) is 0 Å². The molecule has 0 N–H and O–H groups in total. The van der Waals surface area contributed by atoms with E-state index in [4.69, 9.17) is 9.15 Å². The molecule has 0 aliphatic carbocycles. The molecule has 1 amide bonds. The van der Waals surface area contributed by atoms with Crippen molar-refractivity contribution in [1.82, 2.24) is 0 Å². The Balaban J connectivity index is 1.79. The molecule has 4 nitrogen and oxygen atoms in total. The second-order valence-electron chi connectivity index (χ2n) is 7.18. The van der Waals surface area contributed by atoms with Crippen LogP contribution in [0, 0.1) is 20.8 Å². The Morgan fingerprint density at radius 3 is 2.52 bits per heavy atom. The van der Waals surface area contributed by atoms with E-state index in [1.165, 1.54) is 0 Å². The Morgan fingerprint density at radius 2 is 1.86 bits per heavy atom. The van der Waals surface area contributed by atoms with Crippen LogP contribution in [-0.2, 0) is 6.54 Å². The van der Waals surface area contributed by atoms with Crippen LogP contribution < -0.4 is 9.64 Å². The van der Waals surface area contributed by atoms with Crippen molar-refractivity contribution in [1.29, 1.82) is 0 Å². The van der Waals surface area contributed by atoms with Gasteiger partial charge in [0.2, 0.25) is 0 Å². The van der Waals surface area contributed by atoms with Crippen molar-refractivity contribution in [2.75, 3.05) is 12.0 Å². The third-order valence-corrected chi connectivity index (χ3v) is 5.95. The Labute approximate surface area is 174 Å². The van der Waals surface area contributed by atoms with Crippen LogP contribution >= 0.6 is 11.3 Å². The number of amides is 1. The lowest BCUT2D eigenvalue weighted by atomic mass is 10.0. The van der Waals surface area contributed by atoms with E-state index in [1.54, 1.807) is 23.3 Å². The summed E-state index contributed by atoms with van der Waals surface area (Å²) in [6, 6.07) is 15.7. The number of hydrogen-bond acceptors (Lipinski definition) is 4. The van der Waals surface area contributed by atoms with Crippen LogP contribution in [0.4, 0.5) is 5.69 Å². The van der Waals surface area contributed by atoms with Crippen molar-refractivity contribution >= 4 is 33.9 Å². The summed E-state index contributed by atoms with van der Waals surface area (Å²) >= 11 is 1.63. The smallest absolute Gasteiger partial charge is 0.294 e. The van der Waals surface area contributed by atoms with Crippen LogP contribution in [0.25, 0.3) is 11.0 Å². The molecule has 2 heterocycles. The third-order valence-electron chi connectivity index (χ3n) is 5.09. The van der Waals surface area contributed by atoms with Gasteiger partial charge in [-0.15, -0.1) is 11.3 Å². The molecule has 0 saturated heterocycles. The largest absolute Gasteiger partial charge is 0.497 e. The second-order valence-corrected chi connectivity index (χ2v) is 8.21. The maximum Gasteiger partial charge on any atom is 0.294 e. The molecular weight excluding hydrogens is 382 g/mol. The molecule has 4 rings (SSSR count). The van der Waals surface area contributed by atoms with Crippen LogP contribution in [0.5, 0.6) is 5.75 Å². The van der Waals surface area contributed by atoms with E-state index in [9.17, 15) is 4.79 Å². The van der Waals surface area contributed by atoms with E-state index < -0.39 is 0 Å². The van der Waals surface area contributed by atoms with Gasteiger partial charge in [0.25, 0.3) is 5.91 Å². The highest BCUT2D eigenvalue weighted by molar-refractivity contribution is 7.09. The van der Waals surface area contributed by atoms with E-state index in [1.807, 2.05) is 61.7 Å². The highest BCUT2D eigenvalue weighted by Crippen LogP contribution is 2.32. The van der Waals surface area contributed by atoms with Gasteiger partial charge in [-0.3, -0.25) is 4.79 Å². The number of nitrogens with zero attached hydrogens (tertiary/aromatic N) is 1. The van der Waals surface area contributed by atoms with Gasteiger partial charge in [0.1, 0.15) is 11.3 Å². The molecule has 0 aliphatic rings. The van der Waals surface area contributed by atoms with Gasteiger partial charge in [0.05, 0.1) is 13.7 Å². The third kappa shape index (κ3) is 3.66. The van der Waals surface area contributed by atoms with Gasteiger partial charge in [0, 0.05) is 21.5 Å². The molecule has 148 valence electrons. The molecule has 0 fully saturated rings. The standard InChI is InChI=1S/C24H23NO3S/c1-15-12-16(2)22-17(3)23(28-21(22)13-15)24(26)25(14-20-6-5-11-29-20)18-7-9-19(27-4)10-8-18/h5-13H,14H2,1-4H3. The lowest BCUT2D eigenvalue weighted by Crippen LogP contribution is -2.30. The average molecular weight is 406 g/mol. The van der Waals surface area contributed by atoms with Crippen molar-refractivity contribution in [3.05, 3.63) is 81.2 Å². The number of rotatable bonds is 5. The minimum atomic E-state index is -0.144. The van der Waals surface area contributed by atoms with Crippen LogP contribution in [0.15, 0.2) is 58.3 Å². The van der Waals surface area contributed by atoms with Crippen LogP contribution in [0.1, 0.15) is 32.1 Å². The molecule has 2 aromatic carbocycles. The predicted molar refractivity (Wildman–Crippen MR) is 118 cm³/mol. The first kappa shape index (κ1) is 19.3. The molecule has 0 bridgehead atoms. The summed E-state index contributed by atoms with van der Waals surface area (Å²) in [7, 11) is 1.63. The van der Waals surface area contributed by atoms with Crippen molar-refractivity contribution < 1.29 is 13.9 Å². The van der Waals surface area contributed by atoms with Crippen molar-refractivity contribution in [2.45, 2.75) is 27.3 Å². The molecule has 29 heavy (non-hydrogen) atoms. The fourth-order valence-corrected chi connectivity index (χ4v) is 4.41. The molecule has 4 aromatic rings. The minimum absolute atomic E-state index is 0.144.